The number of alkyl halides is 3. The van der Waals surface area contributed by atoms with Crippen molar-refractivity contribution < 1.29 is 40.6 Å². The molecule has 1 spiro atoms. The summed E-state index contributed by atoms with van der Waals surface area (Å²) in [5.74, 6) is 1.53. The fourth-order valence-electron chi connectivity index (χ4n) is 8.79. The van der Waals surface area contributed by atoms with E-state index in [0.29, 0.717) is 47.6 Å². The molecule has 0 saturated heterocycles. The predicted molar refractivity (Wildman–Crippen MR) is 186 cm³/mol. The Morgan fingerprint density at radius 2 is 1.86 bits per heavy atom. The number of aryl methyl sites for hydroxylation is 1. The van der Waals surface area contributed by atoms with Gasteiger partial charge in [0.15, 0.2) is 11.5 Å². The third-order valence-corrected chi connectivity index (χ3v) is 12.6. The maximum Gasteiger partial charge on any atom is 0.516 e. The van der Waals surface area contributed by atoms with Crippen molar-refractivity contribution in [1.29, 1.82) is 0 Å². The Bertz CT molecular complexity index is 1930. The van der Waals surface area contributed by atoms with Crippen LogP contribution in [0.4, 0.5) is 18.9 Å². The van der Waals surface area contributed by atoms with Crippen molar-refractivity contribution in [3.8, 4) is 17.2 Å². The maximum absolute atomic E-state index is 13.7. The highest BCUT2D eigenvalue weighted by Gasteiger charge is 2.56. The second kappa shape index (κ2) is 13.4. The smallest absolute Gasteiger partial charge is 0.493 e. The van der Waals surface area contributed by atoms with E-state index in [-0.39, 0.29) is 31.5 Å². The van der Waals surface area contributed by atoms with Crippen LogP contribution in [0.1, 0.15) is 87.1 Å². The monoisotopic (exact) mass is 747 g/mol. The van der Waals surface area contributed by atoms with Gasteiger partial charge in [0.25, 0.3) is 5.91 Å². The predicted octanol–water partition coefficient (Wildman–Crippen LogP) is 7.81. The minimum absolute atomic E-state index is 0.0645. The molecule has 1 amide bonds. The summed E-state index contributed by atoms with van der Waals surface area (Å²) in [7, 11) is -5.95. The van der Waals surface area contributed by atoms with Crippen molar-refractivity contribution in [3.63, 3.8) is 0 Å². The largest absolute Gasteiger partial charge is 0.516 e. The quantitative estimate of drug-likeness (QED) is 0.228. The summed E-state index contributed by atoms with van der Waals surface area (Å²) >= 11 is 6.21. The number of ether oxygens (including phenoxy) is 3. The lowest BCUT2D eigenvalue weighted by molar-refractivity contribution is -0.126. The van der Waals surface area contributed by atoms with Gasteiger partial charge in [-0.05, 0) is 128 Å². The van der Waals surface area contributed by atoms with E-state index in [4.69, 9.17) is 25.8 Å². The van der Waals surface area contributed by atoms with Crippen LogP contribution in [0.15, 0.2) is 48.7 Å². The third-order valence-electron chi connectivity index (χ3n) is 11.3. The summed E-state index contributed by atoms with van der Waals surface area (Å²) in [4.78, 5) is 18.3. The van der Waals surface area contributed by atoms with Gasteiger partial charge in [-0.1, -0.05) is 31.5 Å². The highest BCUT2D eigenvalue weighted by Crippen LogP contribution is 2.58. The first-order valence-corrected chi connectivity index (χ1v) is 19.3. The molecule has 3 atom stereocenters. The number of anilines is 1. The lowest BCUT2D eigenvalue weighted by Gasteiger charge is -2.48. The Hall–Kier alpha value is -3.71. The van der Waals surface area contributed by atoms with Gasteiger partial charge in [-0.3, -0.25) is 9.78 Å². The molecule has 9 nitrogen and oxygen atoms in total. The van der Waals surface area contributed by atoms with E-state index in [1.165, 1.54) is 10.3 Å². The Morgan fingerprint density at radius 1 is 1.12 bits per heavy atom. The number of nitrogens with zero attached hydrogens (tertiary/aromatic N) is 1. The highest BCUT2D eigenvalue weighted by molar-refractivity contribution is 7.90. The van der Waals surface area contributed by atoms with Crippen molar-refractivity contribution in [2.24, 2.45) is 11.8 Å². The Morgan fingerprint density at radius 3 is 2.59 bits per heavy atom. The zero-order chi connectivity index (χ0) is 36.2. The molecule has 2 heterocycles. The maximum atomic E-state index is 13.7. The van der Waals surface area contributed by atoms with Gasteiger partial charge >= 0.3 is 15.5 Å². The highest BCUT2D eigenvalue weighted by atomic mass is 35.5. The minimum atomic E-state index is -5.95. The van der Waals surface area contributed by atoms with Crippen LogP contribution in [0, 0.1) is 11.8 Å². The molecule has 14 heteroatoms. The van der Waals surface area contributed by atoms with E-state index in [1.54, 1.807) is 24.3 Å². The van der Waals surface area contributed by atoms with E-state index in [0.717, 1.165) is 54.7 Å². The van der Waals surface area contributed by atoms with Crippen LogP contribution in [0.3, 0.4) is 0 Å². The second-order valence-corrected chi connectivity index (χ2v) is 16.7. The van der Waals surface area contributed by atoms with Gasteiger partial charge in [0, 0.05) is 28.2 Å². The van der Waals surface area contributed by atoms with Crippen LogP contribution < -0.4 is 24.2 Å². The number of hydrogen-bond donors (Lipinski definition) is 2. The summed E-state index contributed by atoms with van der Waals surface area (Å²) in [6, 6.07) is 12.4. The fourth-order valence-corrected chi connectivity index (χ4v) is 9.54. The summed E-state index contributed by atoms with van der Waals surface area (Å²) in [5.41, 5.74) is -2.91. The van der Waals surface area contributed by atoms with Gasteiger partial charge in [-0.15, -0.1) is 0 Å². The number of fused-ring (bicyclic) bond motifs is 4. The van der Waals surface area contributed by atoms with Gasteiger partial charge in [-0.25, -0.2) is 4.72 Å². The van der Waals surface area contributed by atoms with Crippen LogP contribution >= 0.6 is 11.6 Å². The topological polar surface area (TPSA) is 116 Å². The van der Waals surface area contributed by atoms with Gasteiger partial charge in [0.05, 0.1) is 6.61 Å². The number of aromatic nitrogens is 1. The number of hydrogen-bond acceptors (Lipinski definition) is 8. The van der Waals surface area contributed by atoms with E-state index in [1.807, 2.05) is 24.4 Å². The van der Waals surface area contributed by atoms with Gasteiger partial charge in [-0.2, -0.15) is 21.6 Å². The molecule has 51 heavy (non-hydrogen) atoms. The molecule has 0 bridgehead atoms. The van der Waals surface area contributed by atoms with Crippen molar-refractivity contribution in [2.75, 3.05) is 18.7 Å². The van der Waals surface area contributed by atoms with Gasteiger partial charge in [0.1, 0.15) is 11.3 Å². The average Bonchev–Trinajstić information content (AvgIpc) is 3.65. The number of nitrogens with one attached hydrogen (secondary N) is 2. The molecule has 1 saturated carbocycles. The van der Waals surface area contributed by atoms with Crippen molar-refractivity contribution >= 4 is 33.2 Å². The Balaban J connectivity index is 1.17. The normalized spacial score (nSPS) is 25.9. The van der Waals surface area contributed by atoms with E-state index < -0.39 is 32.4 Å². The summed E-state index contributed by atoms with van der Waals surface area (Å²) in [5, 5.41) is 3.46. The summed E-state index contributed by atoms with van der Waals surface area (Å²) < 4.78 is 83.9. The molecule has 0 radical (unpaired) electrons. The van der Waals surface area contributed by atoms with E-state index in [2.05, 4.69) is 24.1 Å². The number of carbonyl (C=O) groups is 1. The number of rotatable bonds is 9. The van der Waals surface area contributed by atoms with Crippen LogP contribution in [0.25, 0.3) is 0 Å². The standard InChI is InChI=1S/C37H41ClF3N3O6S/c1-22(20-48-30-9-14-42-29-8-3-5-23(2)33(29)30)15-25-16-24-17-31-32(50-21-49-31)19-28(24)35(25)10-12-36(13-11-35,43-27-7-4-6-26(38)18-27)34(45)44-51(46,47)37(39,40)41/h4,6-7,9,14,17-19,22-23,25,43H,3,5,8,10-13,15-16,20-21H2,1-2H3,(H,44,45)/t22-,23-,25+,35?,36?/m1/s1. The number of amides is 1. The molecule has 1 aromatic heterocycles. The molecule has 1 fully saturated rings. The van der Waals surface area contributed by atoms with Crippen LogP contribution in [-0.2, 0) is 33.1 Å². The van der Waals surface area contributed by atoms with Gasteiger partial charge < -0.3 is 19.5 Å². The van der Waals surface area contributed by atoms with Crippen LogP contribution in [0.5, 0.6) is 17.2 Å². The zero-order valence-corrected chi connectivity index (χ0v) is 30.0. The van der Waals surface area contributed by atoms with Crippen LogP contribution in [0.2, 0.25) is 5.02 Å². The first-order chi connectivity index (χ1) is 24.2. The average molecular weight is 748 g/mol. The van der Waals surface area contributed by atoms with Crippen molar-refractivity contribution in [3.05, 3.63) is 76.1 Å². The number of sulfonamides is 1. The molecule has 3 aliphatic carbocycles. The Labute approximate surface area is 300 Å². The summed E-state index contributed by atoms with van der Waals surface area (Å²) in [6.45, 7) is 4.97. The molecule has 274 valence electrons. The number of carbonyl (C=O) groups excluding carboxylic acids is 1. The first-order valence-electron chi connectivity index (χ1n) is 17.4. The van der Waals surface area contributed by atoms with E-state index in [9.17, 15) is 26.4 Å². The van der Waals surface area contributed by atoms with Gasteiger partial charge in [0.2, 0.25) is 6.79 Å². The molecule has 4 aliphatic rings. The third kappa shape index (κ3) is 6.71. The first kappa shape index (κ1) is 35.7. The minimum Gasteiger partial charge on any atom is -0.493 e. The number of pyridine rings is 1. The molecule has 0 unspecified atom stereocenters. The lowest BCUT2D eigenvalue weighted by atomic mass is 9.59. The van der Waals surface area contributed by atoms with Crippen molar-refractivity contribution in [2.45, 2.75) is 94.0 Å². The van der Waals surface area contributed by atoms with E-state index >= 15 is 0 Å². The zero-order valence-electron chi connectivity index (χ0n) is 28.4. The summed E-state index contributed by atoms with van der Waals surface area (Å²) in [6.07, 6.45) is 7.42. The number of halogens is 4. The molecule has 3 aromatic rings. The molecule has 7 rings (SSSR count). The fraction of sp³-hybridized carbons (Fsp3) is 0.514. The Kier molecular flexibility index (Phi) is 9.35. The van der Waals surface area contributed by atoms with Crippen molar-refractivity contribution in [1.82, 2.24) is 9.71 Å². The molecule has 1 aliphatic heterocycles. The van der Waals surface area contributed by atoms with Crippen LogP contribution in [-0.4, -0.2) is 43.8 Å². The lowest BCUT2D eigenvalue weighted by Crippen LogP contribution is -2.59. The number of benzene rings is 2. The second-order valence-electron chi connectivity index (χ2n) is 14.6. The molecular weight excluding hydrogens is 707 g/mol. The SMILES string of the molecule is C[C@@H](COc1ccnc2c1[C@H](C)CCC2)C[C@H]1Cc2cc3c(cc2C12CCC(Nc1cccc(Cl)c1)(C(=O)NS(=O)(=O)C(F)(F)F)CC2)OCO3. The molecule has 2 aromatic carbocycles. The molecule has 2 N–H and O–H groups in total. The molecular formula is C37H41ClF3N3O6S.